The van der Waals surface area contributed by atoms with Gasteiger partial charge in [-0.15, -0.1) is 0 Å². The van der Waals surface area contributed by atoms with Gasteiger partial charge in [0, 0.05) is 18.9 Å². The van der Waals surface area contributed by atoms with E-state index in [2.05, 4.69) is 26.6 Å². The van der Waals surface area contributed by atoms with Crippen molar-refractivity contribution in [3.8, 4) is 0 Å². The van der Waals surface area contributed by atoms with Crippen molar-refractivity contribution in [1.82, 2.24) is 26.6 Å². The van der Waals surface area contributed by atoms with E-state index in [0.717, 1.165) is 5.56 Å². The Hall–Kier alpha value is -4.24. The van der Waals surface area contributed by atoms with Crippen LogP contribution in [0, 0.1) is 17.8 Å². The summed E-state index contributed by atoms with van der Waals surface area (Å²) in [5, 5.41) is 24.4. The zero-order valence-corrected chi connectivity index (χ0v) is 29.3. The fourth-order valence-corrected chi connectivity index (χ4v) is 5.22. The lowest BCUT2D eigenvalue weighted by Gasteiger charge is -2.30. The monoisotopic (exact) mass is 690 g/mol. The van der Waals surface area contributed by atoms with Gasteiger partial charge >= 0.3 is 6.09 Å². The number of hydrogen-bond acceptors (Lipinski definition) is 9. The van der Waals surface area contributed by atoms with E-state index in [-0.39, 0.29) is 24.9 Å². The van der Waals surface area contributed by atoms with Crippen LogP contribution in [-0.2, 0) is 40.0 Å². The average molecular weight is 691 g/mol. The quantitative estimate of drug-likeness (QED) is 0.108. The number of amides is 6. The molecule has 1 heterocycles. The maximum atomic E-state index is 13.5. The fourth-order valence-electron chi connectivity index (χ4n) is 5.22. The highest BCUT2D eigenvalue weighted by atomic mass is 16.6. The molecule has 1 aliphatic rings. The summed E-state index contributed by atoms with van der Waals surface area (Å²) in [4.78, 5) is 76.6. The maximum Gasteiger partial charge on any atom is 0.408 e. The summed E-state index contributed by atoms with van der Waals surface area (Å²) in [5.74, 6) is -4.33. The summed E-state index contributed by atoms with van der Waals surface area (Å²) >= 11 is 0. The third kappa shape index (κ3) is 14.8. The van der Waals surface area contributed by atoms with E-state index < -0.39 is 84.4 Å². The van der Waals surface area contributed by atoms with E-state index in [1.807, 2.05) is 44.2 Å². The Kier molecular flexibility index (Phi) is 17.0. The summed E-state index contributed by atoms with van der Waals surface area (Å²) < 4.78 is 10.5. The molecular weight excluding hydrogens is 636 g/mol. The standard InChI is InChI=1S/C34H54N6O9/c1-19(2)14-25(27(41)15-21(5)30(43)37-22(6)31(44)36-17-23-10-8-7-9-11-23)38-32(45)26(16-28(35)42)39-33(46)29(20(3)4)40-34(47)49-24-12-13-48-18-24/h7-11,19-22,24-27,29,41H,12-18H2,1-6H3,(H2,35,42)(H,36,44)(H,37,43)(H,38,45)(H,39,46)(H,40,47)/t21-,22+,24+,25+,26+,27+,29+/m1/s1. The maximum absolute atomic E-state index is 13.5. The molecule has 0 radical (unpaired) electrons. The Labute approximate surface area is 288 Å². The predicted octanol–water partition coefficient (Wildman–Crippen LogP) is 0.625. The van der Waals surface area contributed by atoms with Gasteiger partial charge in [-0.2, -0.15) is 0 Å². The zero-order valence-electron chi connectivity index (χ0n) is 29.3. The SMILES string of the molecule is CC(C)C[C@H](NC(=O)[C@H](CC(N)=O)NC(=O)[C@@H](NC(=O)O[C@H]1CCOC1)C(C)C)[C@@H](O)C[C@@H](C)C(=O)N[C@@H](C)C(=O)NCc1ccccc1. The molecule has 1 saturated heterocycles. The summed E-state index contributed by atoms with van der Waals surface area (Å²) in [6.07, 6.45) is -2.20. The van der Waals surface area contributed by atoms with Crippen molar-refractivity contribution < 1.29 is 43.3 Å². The van der Waals surface area contributed by atoms with Crippen LogP contribution in [0.25, 0.3) is 0 Å². The predicted molar refractivity (Wildman–Crippen MR) is 180 cm³/mol. The third-order valence-corrected chi connectivity index (χ3v) is 8.04. The summed E-state index contributed by atoms with van der Waals surface area (Å²) in [6, 6.07) is 5.13. The van der Waals surface area contributed by atoms with E-state index >= 15 is 0 Å². The Morgan fingerprint density at radius 1 is 0.878 bits per heavy atom. The number of alkyl carbamates (subject to hydrolysis) is 1. The van der Waals surface area contributed by atoms with Crippen LogP contribution in [0.15, 0.2) is 30.3 Å². The van der Waals surface area contributed by atoms with Crippen LogP contribution in [0.5, 0.6) is 0 Å². The van der Waals surface area contributed by atoms with Gasteiger partial charge in [-0.1, -0.05) is 65.0 Å². The number of carbonyl (C=O) groups is 6. The lowest BCUT2D eigenvalue weighted by atomic mass is 9.92. The van der Waals surface area contributed by atoms with Crippen molar-refractivity contribution in [3.63, 3.8) is 0 Å². The topological polar surface area (TPSA) is 227 Å². The average Bonchev–Trinajstić information content (AvgIpc) is 3.54. The van der Waals surface area contributed by atoms with Crippen molar-refractivity contribution in [2.45, 2.75) is 110 Å². The number of benzene rings is 1. The number of aliphatic hydroxyl groups is 1. The molecule has 49 heavy (non-hydrogen) atoms. The van der Waals surface area contributed by atoms with Gasteiger partial charge in [0.1, 0.15) is 24.2 Å². The smallest absolute Gasteiger partial charge is 0.408 e. The molecule has 1 fully saturated rings. The molecule has 0 aliphatic carbocycles. The van der Waals surface area contributed by atoms with Crippen molar-refractivity contribution in [3.05, 3.63) is 35.9 Å². The van der Waals surface area contributed by atoms with Crippen molar-refractivity contribution >= 4 is 35.6 Å². The molecule has 6 amide bonds. The molecule has 1 aliphatic heterocycles. The van der Waals surface area contributed by atoms with Gasteiger partial charge in [-0.3, -0.25) is 24.0 Å². The van der Waals surface area contributed by atoms with E-state index in [0.29, 0.717) is 26.0 Å². The van der Waals surface area contributed by atoms with Gasteiger partial charge in [0.2, 0.25) is 29.5 Å². The molecule has 8 N–H and O–H groups in total. The van der Waals surface area contributed by atoms with Crippen LogP contribution < -0.4 is 32.3 Å². The van der Waals surface area contributed by atoms with Gasteiger partial charge in [-0.25, -0.2) is 4.79 Å². The van der Waals surface area contributed by atoms with Gasteiger partial charge < -0.3 is 46.9 Å². The normalized spacial score (nSPS) is 17.9. The number of hydrogen-bond donors (Lipinski definition) is 7. The van der Waals surface area contributed by atoms with Crippen LogP contribution in [0.4, 0.5) is 4.79 Å². The minimum atomic E-state index is -1.41. The molecule has 2 rings (SSSR count). The van der Waals surface area contributed by atoms with Gasteiger partial charge in [0.25, 0.3) is 0 Å². The van der Waals surface area contributed by atoms with Crippen molar-refractivity contribution in [2.75, 3.05) is 13.2 Å². The molecule has 0 spiro atoms. The lowest BCUT2D eigenvalue weighted by molar-refractivity contribution is -0.133. The zero-order chi connectivity index (χ0) is 36.7. The van der Waals surface area contributed by atoms with Crippen LogP contribution >= 0.6 is 0 Å². The van der Waals surface area contributed by atoms with Crippen molar-refractivity contribution in [1.29, 1.82) is 0 Å². The number of primary amides is 1. The number of rotatable bonds is 19. The van der Waals surface area contributed by atoms with Crippen LogP contribution in [0.1, 0.15) is 72.8 Å². The van der Waals surface area contributed by atoms with E-state index in [1.54, 1.807) is 27.7 Å². The van der Waals surface area contributed by atoms with Gasteiger partial charge in [0.05, 0.1) is 31.8 Å². The summed E-state index contributed by atoms with van der Waals surface area (Å²) in [6.45, 7) is 11.3. The van der Waals surface area contributed by atoms with Crippen LogP contribution in [-0.4, -0.2) is 90.3 Å². The van der Waals surface area contributed by atoms with Crippen LogP contribution in [0.2, 0.25) is 0 Å². The molecule has 0 aromatic heterocycles. The van der Waals surface area contributed by atoms with Crippen molar-refractivity contribution in [2.24, 2.45) is 23.5 Å². The Morgan fingerprint density at radius 3 is 2.12 bits per heavy atom. The van der Waals surface area contributed by atoms with Crippen LogP contribution in [0.3, 0.4) is 0 Å². The number of ether oxygens (including phenoxy) is 2. The molecule has 7 atom stereocenters. The second-order valence-electron chi connectivity index (χ2n) is 13.4. The molecule has 15 heteroatoms. The molecule has 1 aromatic carbocycles. The minimum absolute atomic E-state index is 0.00685. The second-order valence-corrected chi connectivity index (χ2v) is 13.4. The fraction of sp³-hybridized carbons (Fsp3) is 0.647. The largest absolute Gasteiger partial charge is 0.444 e. The first-order chi connectivity index (χ1) is 23.1. The molecule has 15 nitrogen and oxygen atoms in total. The number of aliphatic hydroxyl groups excluding tert-OH is 1. The molecule has 0 unspecified atom stereocenters. The highest BCUT2D eigenvalue weighted by Crippen LogP contribution is 2.17. The van der Waals surface area contributed by atoms with Gasteiger partial charge in [0.15, 0.2) is 0 Å². The van der Waals surface area contributed by atoms with E-state index in [1.165, 1.54) is 0 Å². The van der Waals surface area contributed by atoms with E-state index in [9.17, 15) is 33.9 Å². The minimum Gasteiger partial charge on any atom is -0.444 e. The first kappa shape index (κ1) is 40.9. The van der Waals surface area contributed by atoms with E-state index in [4.69, 9.17) is 15.2 Å². The molecule has 0 saturated carbocycles. The molecule has 0 bridgehead atoms. The number of nitrogens with one attached hydrogen (secondary N) is 5. The molecule has 1 aromatic rings. The summed E-state index contributed by atoms with van der Waals surface area (Å²) in [5.41, 5.74) is 6.31. The number of nitrogens with two attached hydrogens (primary N) is 1. The van der Waals surface area contributed by atoms with Gasteiger partial charge in [-0.05, 0) is 37.2 Å². The third-order valence-electron chi connectivity index (χ3n) is 8.04. The second kappa shape index (κ2) is 20.3. The Morgan fingerprint density at radius 2 is 1.55 bits per heavy atom. The summed E-state index contributed by atoms with van der Waals surface area (Å²) in [7, 11) is 0. The molecule has 274 valence electrons. The Balaban J connectivity index is 2.02. The first-order valence-corrected chi connectivity index (χ1v) is 16.8. The highest BCUT2D eigenvalue weighted by Gasteiger charge is 2.34. The Bertz CT molecular complexity index is 1260. The molecular formula is C34H54N6O9. The first-order valence-electron chi connectivity index (χ1n) is 16.8. The highest BCUT2D eigenvalue weighted by molar-refractivity contribution is 5.94. The number of carbonyl (C=O) groups excluding carboxylic acids is 6. The lowest BCUT2D eigenvalue weighted by Crippen LogP contribution is -2.58.